The van der Waals surface area contributed by atoms with Crippen molar-refractivity contribution >= 4 is 11.8 Å². The fraction of sp³-hybridized carbons (Fsp3) is 0.429. The summed E-state index contributed by atoms with van der Waals surface area (Å²) < 4.78 is 0. The lowest BCUT2D eigenvalue weighted by Gasteiger charge is -2.21. The van der Waals surface area contributed by atoms with E-state index >= 15 is 0 Å². The molecule has 5 nitrogen and oxygen atoms in total. The molecule has 0 radical (unpaired) electrons. The molecule has 0 aromatic heterocycles. The highest BCUT2D eigenvalue weighted by atomic mass is 16.2. The summed E-state index contributed by atoms with van der Waals surface area (Å²) in [4.78, 5) is 23.0. The van der Waals surface area contributed by atoms with E-state index in [2.05, 4.69) is 16.2 Å². The molecule has 0 saturated heterocycles. The van der Waals surface area contributed by atoms with Gasteiger partial charge in [-0.05, 0) is 11.5 Å². The predicted molar refractivity (Wildman–Crippen MR) is 73.9 cm³/mol. The summed E-state index contributed by atoms with van der Waals surface area (Å²) in [6.45, 7) is 5.71. The first-order chi connectivity index (χ1) is 9.00. The van der Waals surface area contributed by atoms with E-state index in [9.17, 15) is 9.59 Å². The maximum atomic E-state index is 11.9. The summed E-state index contributed by atoms with van der Waals surface area (Å²) in [5.74, 6) is -0.416. The summed E-state index contributed by atoms with van der Waals surface area (Å²) in [5, 5.41) is 2.64. The van der Waals surface area contributed by atoms with Crippen molar-refractivity contribution in [3.8, 4) is 0 Å². The zero-order chi connectivity index (χ0) is 14.3. The van der Waals surface area contributed by atoms with Gasteiger partial charge in [0.05, 0.1) is 0 Å². The number of carbonyl (C=O) groups excluding carboxylic acids is 2. The first-order valence-corrected chi connectivity index (χ1v) is 6.34. The van der Waals surface area contributed by atoms with Gasteiger partial charge in [-0.2, -0.15) is 0 Å². The molecule has 0 spiro atoms. The summed E-state index contributed by atoms with van der Waals surface area (Å²) >= 11 is 0. The highest BCUT2D eigenvalue weighted by Gasteiger charge is 2.22. The summed E-state index contributed by atoms with van der Waals surface area (Å²) in [5.41, 5.74) is 6.55. The molecule has 0 bridgehead atoms. The van der Waals surface area contributed by atoms with Gasteiger partial charge in [-0.25, -0.2) is 5.43 Å². The number of amides is 2. The van der Waals surface area contributed by atoms with Crippen LogP contribution in [0.25, 0.3) is 0 Å². The summed E-state index contributed by atoms with van der Waals surface area (Å²) in [6.07, 6.45) is 0. The molecule has 5 heteroatoms. The van der Waals surface area contributed by atoms with Gasteiger partial charge >= 0.3 is 0 Å². The molecule has 0 heterocycles. The molecular formula is C14H21N3O2. The van der Waals surface area contributed by atoms with Crippen molar-refractivity contribution in [2.75, 3.05) is 0 Å². The van der Waals surface area contributed by atoms with Crippen LogP contribution in [0.5, 0.6) is 0 Å². The van der Waals surface area contributed by atoms with Crippen LogP contribution in [0.15, 0.2) is 30.3 Å². The smallest absolute Gasteiger partial charge is 0.256 e. The van der Waals surface area contributed by atoms with Gasteiger partial charge in [-0.15, -0.1) is 0 Å². The minimum absolute atomic E-state index is 0.0300. The highest BCUT2D eigenvalue weighted by molar-refractivity contribution is 5.86. The van der Waals surface area contributed by atoms with E-state index in [0.29, 0.717) is 6.54 Å². The third-order valence-electron chi connectivity index (χ3n) is 2.65. The second-order valence-electron chi connectivity index (χ2n) is 4.75. The maximum Gasteiger partial charge on any atom is 0.256 e. The quantitative estimate of drug-likeness (QED) is 0.670. The Balaban J connectivity index is 2.42. The van der Waals surface area contributed by atoms with Crippen LogP contribution in [-0.4, -0.2) is 17.9 Å². The van der Waals surface area contributed by atoms with Crippen molar-refractivity contribution < 1.29 is 9.59 Å². The standard InChI is InChI=1S/C14H21N3O2/c1-10(2)13(16-11(3)18)14(19)17-15-9-12-7-5-4-6-8-12/h4-8,10,13,15H,9H2,1-3H3,(H,16,18)(H,17,19). The van der Waals surface area contributed by atoms with Crippen LogP contribution in [0.3, 0.4) is 0 Å². The number of nitrogens with one attached hydrogen (secondary N) is 3. The molecule has 0 saturated carbocycles. The Bertz CT molecular complexity index is 418. The van der Waals surface area contributed by atoms with Crippen molar-refractivity contribution in [1.82, 2.24) is 16.2 Å². The Kier molecular flexibility index (Phi) is 6.02. The molecule has 1 rings (SSSR count). The van der Waals surface area contributed by atoms with Gasteiger partial charge in [0.25, 0.3) is 5.91 Å². The van der Waals surface area contributed by atoms with Crippen LogP contribution in [0, 0.1) is 5.92 Å². The molecule has 0 fully saturated rings. The normalized spacial score (nSPS) is 12.0. The van der Waals surface area contributed by atoms with Crippen LogP contribution in [0.2, 0.25) is 0 Å². The summed E-state index contributed by atoms with van der Waals surface area (Å²) in [7, 11) is 0. The fourth-order valence-electron chi connectivity index (χ4n) is 1.66. The third-order valence-corrected chi connectivity index (χ3v) is 2.65. The monoisotopic (exact) mass is 263 g/mol. The highest BCUT2D eigenvalue weighted by Crippen LogP contribution is 2.01. The van der Waals surface area contributed by atoms with Crippen molar-refractivity contribution in [3.05, 3.63) is 35.9 Å². The SMILES string of the molecule is CC(=O)NC(C(=O)NNCc1ccccc1)C(C)C. The fourth-order valence-corrected chi connectivity index (χ4v) is 1.66. The number of benzene rings is 1. The van der Waals surface area contributed by atoms with Crippen molar-refractivity contribution in [2.45, 2.75) is 33.4 Å². The molecule has 1 unspecified atom stereocenters. The molecule has 2 amide bonds. The largest absolute Gasteiger partial charge is 0.344 e. The number of hydrazine groups is 1. The zero-order valence-corrected chi connectivity index (χ0v) is 11.6. The third kappa shape index (κ3) is 5.52. The first-order valence-electron chi connectivity index (χ1n) is 6.34. The number of rotatable bonds is 6. The topological polar surface area (TPSA) is 70.2 Å². The van der Waals surface area contributed by atoms with Crippen LogP contribution >= 0.6 is 0 Å². The maximum absolute atomic E-state index is 11.9. The molecule has 1 aromatic carbocycles. The van der Waals surface area contributed by atoms with Gasteiger partial charge in [0, 0.05) is 13.5 Å². The van der Waals surface area contributed by atoms with E-state index in [0.717, 1.165) is 5.56 Å². The van der Waals surface area contributed by atoms with Gasteiger partial charge in [-0.1, -0.05) is 44.2 Å². The minimum Gasteiger partial charge on any atom is -0.344 e. The average molecular weight is 263 g/mol. The van der Waals surface area contributed by atoms with Gasteiger partial charge < -0.3 is 5.32 Å². The van der Waals surface area contributed by atoms with Gasteiger partial charge in [0.2, 0.25) is 5.91 Å². The Morgan fingerprint density at radius 3 is 2.32 bits per heavy atom. The molecule has 1 atom stereocenters. The van der Waals surface area contributed by atoms with E-state index in [1.54, 1.807) is 0 Å². The van der Waals surface area contributed by atoms with Crippen LogP contribution in [0.4, 0.5) is 0 Å². The van der Waals surface area contributed by atoms with Crippen molar-refractivity contribution in [3.63, 3.8) is 0 Å². The van der Waals surface area contributed by atoms with Gasteiger partial charge in [0.15, 0.2) is 0 Å². The van der Waals surface area contributed by atoms with Crippen LogP contribution in [0.1, 0.15) is 26.3 Å². The lowest BCUT2D eigenvalue weighted by molar-refractivity contribution is -0.129. The molecule has 19 heavy (non-hydrogen) atoms. The van der Waals surface area contributed by atoms with Crippen molar-refractivity contribution in [1.29, 1.82) is 0 Å². The van der Waals surface area contributed by atoms with Crippen LogP contribution < -0.4 is 16.2 Å². The molecule has 3 N–H and O–H groups in total. The molecule has 0 aliphatic carbocycles. The molecular weight excluding hydrogens is 242 g/mol. The van der Waals surface area contributed by atoms with E-state index in [-0.39, 0.29) is 17.7 Å². The van der Waals surface area contributed by atoms with E-state index in [1.807, 2.05) is 44.2 Å². The second kappa shape index (κ2) is 7.53. The lowest BCUT2D eigenvalue weighted by Crippen LogP contribution is -2.52. The Labute approximate surface area is 113 Å². The second-order valence-corrected chi connectivity index (χ2v) is 4.75. The van der Waals surface area contributed by atoms with Gasteiger partial charge in [-0.3, -0.25) is 15.0 Å². The molecule has 0 aliphatic heterocycles. The lowest BCUT2D eigenvalue weighted by atomic mass is 10.0. The molecule has 1 aromatic rings. The van der Waals surface area contributed by atoms with E-state index in [1.165, 1.54) is 6.92 Å². The van der Waals surface area contributed by atoms with Crippen molar-refractivity contribution in [2.24, 2.45) is 5.92 Å². The van der Waals surface area contributed by atoms with Crippen LogP contribution in [-0.2, 0) is 16.1 Å². The minimum atomic E-state index is -0.527. The molecule has 0 aliphatic rings. The van der Waals surface area contributed by atoms with E-state index in [4.69, 9.17) is 0 Å². The number of hydrogen-bond acceptors (Lipinski definition) is 3. The first kappa shape index (κ1) is 15.2. The predicted octanol–water partition coefficient (Wildman–Crippen LogP) is 0.968. The Hall–Kier alpha value is -1.88. The van der Waals surface area contributed by atoms with Gasteiger partial charge in [0.1, 0.15) is 6.04 Å². The van der Waals surface area contributed by atoms with E-state index < -0.39 is 6.04 Å². The average Bonchev–Trinajstić information content (AvgIpc) is 2.36. The Morgan fingerprint density at radius 2 is 1.79 bits per heavy atom. The summed E-state index contributed by atoms with van der Waals surface area (Å²) in [6, 6.07) is 9.22. The Morgan fingerprint density at radius 1 is 1.16 bits per heavy atom. The molecule has 104 valence electrons. The number of carbonyl (C=O) groups is 2. The number of hydrogen-bond donors (Lipinski definition) is 3. The zero-order valence-electron chi connectivity index (χ0n) is 11.6.